The summed E-state index contributed by atoms with van der Waals surface area (Å²) in [5, 5.41) is 21.5. The molecule has 4 N–H and O–H groups in total. The van der Waals surface area contributed by atoms with Crippen LogP contribution in [0.3, 0.4) is 0 Å². The second kappa shape index (κ2) is 10.2. The molecule has 6 nitrogen and oxygen atoms in total. The fourth-order valence-electron chi connectivity index (χ4n) is 3.86. The van der Waals surface area contributed by atoms with Crippen molar-refractivity contribution in [3.05, 3.63) is 53.1 Å². The first kappa shape index (κ1) is 25.5. The van der Waals surface area contributed by atoms with Crippen molar-refractivity contribution >= 4 is 61.8 Å². The minimum absolute atomic E-state index is 0. The van der Waals surface area contributed by atoms with Gasteiger partial charge in [0.2, 0.25) is 0 Å². The summed E-state index contributed by atoms with van der Waals surface area (Å²) < 4.78 is 13.9. The van der Waals surface area contributed by atoms with Crippen LogP contribution in [-0.4, -0.2) is 31.8 Å². The summed E-state index contributed by atoms with van der Waals surface area (Å²) in [7, 11) is 0. The van der Waals surface area contributed by atoms with Crippen LogP contribution < -0.4 is 5.32 Å². The van der Waals surface area contributed by atoms with Crippen LogP contribution >= 0.6 is 50.9 Å². The number of hydrogen-bond acceptors (Lipinski definition) is 4. The molecule has 0 fully saturated rings. The second-order valence-corrected chi connectivity index (χ2v) is 7.08. The predicted molar refractivity (Wildman–Crippen MR) is 136 cm³/mol. The number of imidazole rings is 1. The highest BCUT2D eigenvalue weighted by Crippen LogP contribution is 2.33. The lowest BCUT2D eigenvalue weighted by molar-refractivity contribution is 0.432. The number of rotatable bonds is 3. The normalized spacial score (nSPS) is 12.5. The molecule has 0 bridgehead atoms. The molecule has 0 amide bonds. The van der Waals surface area contributed by atoms with Gasteiger partial charge >= 0.3 is 0 Å². The first-order valence-corrected chi connectivity index (χ1v) is 9.42. The van der Waals surface area contributed by atoms with Crippen LogP contribution in [0.4, 0.5) is 4.39 Å². The number of benzene rings is 2. The maximum absolute atomic E-state index is 13.9. The molecule has 0 spiro atoms. The maximum atomic E-state index is 13.9. The van der Waals surface area contributed by atoms with Crippen molar-refractivity contribution in [1.82, 2.24) is 25.5 Å². The van der Waals surface area contributed by atoms with Gasteiger partial charge < -0.3 is 15.4 Å². The SMILES string of the molecule is Br.Br.Br.CCc1cc(O)c(F)cc1-c1ccc2c(-c3nc4c([nH]3)CCNC4)n[nH]c2c1. The summed E-state index contributed by atoms with van der Waals surface area (Å²) in [6, 6.07) is 8.78. The Kier molecular flexibility index (Phi) is 8.43. The van der Waals surface area contributed by atoms with E-state index in [2.05, 4.69) is 20.5 Å². The summed E-state index contributed by atoms with van der Waals surface area (Å²) in [6.07, 6.45) is 1.63. The topological polar surface area (TPSA) is 89.6 Å². The van der Waals surface area contributed by atoms with Gasteiger partial charge in [-0.25, -0.2) is 9.37 Å². The number of nitrogens with one attached hydrogen (secondary N) is 3. The van der Waals surface area contributed by atoms with Crippen LogP contribution in [0, 0.1) is 5.82 Å². The molecule has 0 saturated heterocycles. The van der Waals surface area contributed by atoms with E-state index in [1.165, 1.54) is 12.1 Å². The van der Waals surface area contributed by atoms with Gasteiger partial charge in [0.15, 0.2) is 17.4 Å². The summed E-state index contributed by atoms with van der Waals surface area (Å²) in [6.45, 7) is 3.70. The third-order valence-corrected chi connectivity index (χ3v) is 5.36. The molecular formula is C21H23Br3FN5O. The van der Waals surface area contributed by atoms with Crippen LogP contribution in [-0.2, 0) is 19.4 Å². The fourth-order valence-corrected chi connectivity index (χ4v) is 3.86. The zero-order chi connectivity index (χ0) is 19.3. The van der Waals surface area contributed by atoms with Crippen LogP contribution in [0.25, 0.3) is 33.5 Å². The van der Waals surface area contributed by atoms with Gasteiger partial charge in [0, 0.05) is 30.6 Å². The van der Waals surface area contributed by atoms with Gasteiger partial charge in [-0.05, 0) is 47.4 Å². The van der Waals surface area contributed by atoms with Crippen molar-refractivity contribution in [2.45, 2.75) is 26.3 Å². The highest BCUT2D eigenvalue weighted by Gasteiger charge is 2.18. The number of H-pyrrole nitrogens is 2. The summed E-state index contributed by atoms with van der Waals surface area (Å²) in [5.41, 5.74) is 6.38. The lowest BCUT2D eigenvalue weighted by atomic mass is 9.96. The number of aromatic hydroxyl groups is 1. The number of hydrogen-bond donors (Lipinski definition) is 4. The molecule has 0 atom stereocenters. The van der Waals surface area contributed by atoms with Crippen LogP contribution in [0.15, 0.2) is 30.3 Å². The lowest BCUT2D eigenvalue weighted by Crippen LogP contribution is -2.23. The van der Waals surface area contributed by atoms with E-state index in [-0.39, 0.29) is 56.7 Å². The number of aromatic nitrogens is 4. The van der Waals surface area contributed by atoms with Crippen LogP contribution in [0.1, 0.15) is 23.9 Å². The molecule has 2 aromatic heterocycles. The molecule has 0 radical (unpaired) electrons. The molecule has 3 heterocycles. The van der Waals surface area contributed by atoms with Gasteiger partial charge in [-0.1, -0.05) is 13.0 Å². The minimum atomic E-state index is -0.618. The van der Waals surface area contributed by atoms with Gasteiger partial charge in [0.1, 0.15) is 5.69 Å². The zero-order valence-corrected chi connectivity index (χ0v) is 21.8. The number of nitrogens with zero attached hydrogens (tertiary/aromatic N) is 2. The van der Waals surface area contributed by atoms with Crippen molar-refractivity contribution in [2.24, 2.45) is 0 Å². The quantitative estimate of drug-likeness (QED) is 0.247. The van der Waals surface area contributed by atoms with Gasteiger partial charge in [0.05, 0.1) is 11.2 Å². The third kappa shape index (κ3) is 4.57. The Morgan fingerprint density at radius 2 is 1.94 bits per heavy atom. The number of fused-ring (bicyclic) bond motifs is 2. The Morgan fingerprint density at radius 3 is 2.68 bits per heavy atom. The molecule has 1 aliphatic rings. The molecule has 5 rings (SSSR count). The molecule has 0 saturated carbocycles. The molecule has 0 aliphatic carbocycles. The largest absolute Gasteiger partial charge is 0.505 e. The van der Waals surface area contributed by atoms with Crippen molar-refractivity contribution in [1.29, 1.82) is 0 Å². The maximum Gasteiger partial charge on any atom is 0.165 e. The van der Waals surface area contributed by atoms with E-state index in [0.29, 0.717) is 6.42 Å². The molecule has 1 aliphatic heterocycles. The number of phenolic OH excluding ortho intramolecular Hbond substituents is 1. The lowest BCUT2D eigenvalue weighted by Gasteiger charge is -2.10. The highest BCUT2D eigenvalue weighted by atomic mass is 79.9. The number of aryl methyl sites for hydroxylation is 1. The molecule has 0 unspecified atom stereocenters. The summed E-state index contributed by atoms with van der Waals surface area (Å²) >= 11 is 0. The number of phenols is 1. The van der Waals surface area contributed by atoms with Crippen molar-refractivity contribution < 1.29 is 9.50 Å². The predicted octanol–water partition coefficient (Wildman–Crippen LogP) is 5.41. The van der Waals surface area contributed by atoms with Crippen LogP contribution in [0.2, 0.25) is 0 Å². The smallest absolute Gasteiger partial charge is 0.165 e. The third-order valence-electron chi connectivity index (χ3n) is 5.36. The van der Waals surface area contributed by atoms with Crippen molar-refractivity contribution in [3.63, 3.8) is 0 Å². The van der Waals surface area contributed by atoms with Gasteiger partial charge in [-0.15, -0.1) is 50.9 Å². The average Bonchev–Trinajstić information content (AvgIpc) is 3.32. The Hall–Kier alpha value is -1.75. The first-order valence-electron chi connectivity index (χ1n) is 9.42. The number of aromatic amines is 2. The molecule has 4 aromatic rings. The average molecular weight is 620 g/mol. The molecule has 10 heteroatoms. The van der Waals surface area contributed by atoms with E-state index in [9.17, 15) is 9.50 Å². The van der Waals surface area contributed by atoms with Gasteiger partial charge in [-0.2, -0.15) is 5.10 Å². The molecular weight excluding hydrogens is 597 g/mol. The first-order chi connectivity index (χ1) is 13.6. The Balaban J connectivity index is 0.00000114. The van der Waals surface area contributed by atoms with Crippen molar-refractivity contribution in [3.8, 4) is 28.4 Å². The Morgan fingerprint density at radius 1 is 1.13 bits per heavy atom. The van der Waals surface area contributed by atoms with Crippen molar-refractivity contribution in [2.75, 3.05) is 6.54 Å². The van der Waals surface area contributed by atoms with E-state index in [0.717, 1.165) is 70.0 Å². The second-order valence-electron chi connectivity index (χ2n) is 7.08. The van der Waals surface area contributed by atoms with E-state index in [1.807, 2.05) is 25.1 Å². The van der Waals surface area contributed by atoms with Crippen LogP contribution in [0.5, 0.6) is 5.75 Å². The minimum Gasteiger partial charge on any atom is -0.505 e. The zero-order valence-electron chi connectivity index (χ0n) is 16.7. The fraction of sp³-hybridized carbons (Fsp3) is 0.238. The number of halogens is 4. The molecule has 2 aromatic carbocycles. The monoisotopic (exact) mass is 617 g/mol. The van der Waals surface area contributed by atoms with E-state index < -0.39 is 5.82 Å². The van der Waals surface area contributed by atoms with E-state index in [1.54, 1.807) is 0 Å². The van der Waals surface area contributed by atoms with E-state index >= 15 is 0 Å². The van der Waals surface area contributed by atoms with E-state index in [4.69, 9.17) is 4.98 Å². The Labute approximate surface area is 210 Å². The Bertz CT molecular complexity index is 1180. The summed E-state index contributed by atoms with van der Waals surface area (Å²) in [4.78, 5) is 8.09. The summed E-state index contributed by atoms with van der Waals surface area (Å²) in [5.74, 6) is -0.174. The molecule has 31 heavy (non-hydrogen) atoms. The van der Waals surface area contributed by atoms with Gasteiger partial charge in [-0.3, -0.25) is 5.10 Å². The molecule has 166 valence electrons. The van der Waals surface area contributed by atoms with Gasteiger partial charge in [0.25, 0.3) is 0 Å². The highest BCUT2D eigenvalue weighted by molar-refractivity contribution is 8.93. The standard InChI is InChI=1S/C21H20FN5O.3BrH/c1-2-11-8-19(28)15(22)9-14(11)12-3-4-13-17(7-12)26-27-20(13)21-24-16-5-6-23-10-18(16)25-21;;;/h3-4,7-9,23,28H,2,5-6,10H2,1H3,(H,24,25)(H,26,27);3*1H.